The van der Waals surface area contributed by atoms with Gasteiger partial charge >= 0.3 is 11.9 Å². The lowest BCUT2D eigenvalue weighted by Crippen LogP contribution is -2.28. The molecule has 2 N–H and O–H groups in total. The summed E-state index contributed by atoms with van der Waals surface area (Å²) < 4.78 is 0. The van der Waals surface area contributed by atoms with Crippen molar-refractivity contribution in [2.45, 2.75) is 54.4 Å². The summed E-state index contributed by atoms with van der Waals surface area (Å²) in [7, 11) is 0. The van der Waals surface area contributed by atoms with Crippen molar-refractivity contribution < 1.29 is 19.8 Å². The van der Waals surface area contributed by atoms with E-state index in [4.69, 9.17) is 0 Å². The number of hydrogen-bond acceptors (Lipinski definition) is 2. The second-order valence-electron chi connectivity index (χ2n) is 6.80. The van der Waals surface area contributed by atoms with Crippen molar-refractivity contribution in [1.82, 2.24) is 0 Å². The highest BCUT2D eigenvalue weighted by Crippen LogP contribution is 2.31. The van der Waals surface area contributed by atoms with Crippen LogP contribution in [-0.4, -0.2) is 22.2 Å². The van der Waals surface area contributed by atoms with E-state index in [0.717, 1.165) is 0 Å². The molecule has 0 unspecified atom stereocenters. The van der Waals surface area contributed by atoms with Crippen molar-refractivity contribution in [3.8, 4) is 0 Å². The lowest BCUT2D eigenvalue weighted by atomic mass is 9.77. The Morgan fingerprint density at radius 1 is 0.700 bits per heavy atom. The SMILES string of the molecule is CC(C)[C@H](C[C@@H](C)[C@@H](C)C[C@H](C(=O)O)C(C)C)C(=O)O. The minimum Gasteiger partial charge on any atom is -0.481 e. The third-order valence-corrected chi connectivity index (χ3v) is 4.47. The molecule has 0 aliphatic heterocycles. The van der Waals surface area contributed by atoms with Crippen LogP contribution >= 0.6 is 0 Å². The Morgan fingerprint density at radius 2 is 0.950 bits per heavy atom. The van der Waals surface area contributed by atoms with Crippen LogP contribution in [0, 0.1) is 35.5 Å². The lowest BCUT2D eigenvalue weighted by molar-refractivity contribution is -0.146. The molecule has 0 fully saturated rings. The van der Waals surface area contributed by atoms with E-state index in [1.165, 1.54) is 0 Å². The van der Waals surface area contributed by atoms with Crippen LogP contribution in [0.2, 0.25) is 0 Å². The zero-order valence-corrected chi connectivity index (χ0v) is 13.6. The first kappa shape index (κ1) is 18.9. The van der Waals surface area contributed by atoms with Crippen molar-refractivity contribution in [3.05, 3.63) is 0 Å². The fourth-order valence-corrected chi connectivity index (χ4v) is 2.58. The van der Waals surface area contributed by atoms with Crippen molar-refractivity contribution in [3.63, 3.8) is 0 Å². The topological polar surface area (TPSA) is 74.6 Å². The molecule has 4 heteroatoms. The van der Waals surface area contributed by atoms with Crippen molar-refractivity contribution in [1.29, 1.82) is 0 Å². The number of carboxylic acids is 2. The predicted octanol–water partition coefficient (Wildman–Crippen LogP) is 3.75. The molecule has 4 nitrogen and oxygen atoms in total. The Morgan fingerprint density at radius 3 is 1.10 bits per heavy atom. The van der Waals surface area contributed by atoms with Crippen LogP contribution in [0.15, 0.2) is 0 Å². The predicted molar refractivity (Wildman–Crippen MR) is 79.5 cm³/mol. The molecule has 0 aromatic carbocycles. The van der Waals surface area contributed by atoms with Crippen LogP contribution in [0.3, 0.4) is 0 Å². The maximum atomic E-state index is 11.2. The molecule has 0 aromatic rings. The second kappa shape index (κ2) is 8.28. The van der Waals surface area contributed by atoms with Crippen molar-refractivity contribution >= 4 is 11.9 Å². The maximum absolute atomic E-state index is 11.2. The van der Waals surface area contributed by atoms with Crippen LogP contribution in [-0.2, 0) is 9.59 Å². The number of rotatable bonds is 9. The van der Waals surface area contributed by atoms with Gasteiger partial charge in [0.1, 0.15) is 0 Å². The van der Waals surface area contributed by atoms with E-state index in [-0.39, 0.29) is 35.5 Å². The lowest BCUT2D eigenvalue weighted by Gasteiger charge is -2.28. The standard InChI is InChI=1S/C16H30O4/c1-9(2)13(15(17)18)7-11(5)12(6)8-14(10(3)4)16(19)20/h9-14H,7-8H2,1-6H3,(H,17,18)(H,19,20)/t11-,12+,13-,14-/m0/s1. The fraction of sp³-hybridized carbons (Fsp3) is 0.875. The molecule has 0 rings (SSSR count). The van der Waals surface area contributed by atoms with Crippen molar-refractivity contribution in [2.75, 3.05) is 0 Å². The molecule has 0 heterocycles. The number of carboxylic acid groups (broad SMARTS) is 2. The molecule has 0 aliphatic rings. The van der Waals surface area contributed by atoms with Crippen LogP contribution < -0.4 is 0 Å². The molecule has 0 saturated carbocycles. The van der Waals surface area contributed by atoms with Gasteiger partial charge in [0.2, 0.25) is 0 Å². The van der Waals surface area contributed by atoms with E-state index in [1.54, 1.807) is 0 Å². The Hall–Kier alpha value is -1.06. The van der Waals surface area contributed by atoms with Gasteiger partial charge in [0.05, 0.1) is 11.8 Å². The zero-order chi connectivity index (χ0) is 16.0. The average Bonchev–Trinajstić information content (AvgIpc) is 2.30. The first-order valence-corrected chi connectivity index (χ1v) is 7.53. The Bertz CT molecular complexity index is 290. The summed E-state index contributed by atoms with van der Waals surface area (Å²) >= 11 is 0. The quantitative estimate of drug-likeness (QED) is 0.677. The van der Waals surface area contributed by atoms with Crippen LogP contribution in [0.4, 0.5) is 0 Å². The normalized spacial score (nSPS) is 17.8. The van der Waals surface area contributed by atoms with E-state index in [0.29, 0.717) is 12.8 Å². The van der Waals surface area contributed by atoms with Crippen molar-refractivity contribution in [2.24, 2.45) is 35.5 Å². The fourth-order valence-electron chi connectivity index (χ4n) is 2.58. The summed E-state index contributed by atoms with van der Waals surface area (Å²) in [5.74, 6) is -1.59. The third-order valence-electron chi connectivity index (χ3n) is 4.47. The van der Waals surface area contributed by atoms with Crippen LogP contribution in [0.25, 0.3) is 0 Å². The van der Waals surface area contributed by atoms with E-state index in [1.807, 2.05) is 41.5 Å². The van der Waals surface area contributed by atoms with Gasteiger partial charge in [-0.25, -0.2) is 0 Å². The molecule has 0 amide bonds. The van der Waals surface area contributed by atoms with E-state index in [9.17, 15) is 19.8 Å². The molecule has 0 saturated heterocycles. The summed E-state index contributed by atoms with van der Waals surface area (Å²) in [5, 5.41) is 18.5. The summed E-state index contributed by atoms with van der Waals surface area (Å²) in [6.07, 6.45) is 1.22. The van der Waals surface area contributed by atoms with E-state index >= 15 is 0 Å². The molecule has 0 aliphatic carbocycles. The molecule has 118 valence electrons. The smallest absolute Gasteiger partial charge is 0.306 e. The van der Waals surface area contributed by atoms with Gasteiger partial charge in [0.25, 0.3) is 0 Å². The summed E-state index contributed by atoms with van der Waals surface area (Å²) in [4.78, 5) is 22.5. The van der Waals surface area contributed by atoms with Gasteiger partial charge in [-0.2, -0.15) is 0 Å². The number of hydrogen-bond donors (Lipinski definition) is 2. The highest BCUT2D eigenvalue weighted by Gasteiger charge is 2.29. The Labute approximate surface area is 122 Å². The molecule has 0 radical (unpaired) electrons. The van der Waals surface area contributed by atoms with Crippen LogP contribution in [0.1, 0.15) is 54.4 Å². The molecule has 4 atom stereocenters. The maximum Gasteiger partial charge on any atom is 0.306 e. The summed E-state index contributed by atoms with van der Waals surface area (Å²) in [6, 6.07) is 0. The largest absolute Gasteiger partial charge is 0.481 e. The minimum atomic E-state index is -0.752. The van der Waals surface area contributed by atoms with E-state index in [2.05, 4.69) is 0 Å². The summed E-state index contributed by atoms with van der Waals surface area (Å²) in [6.45, 7) is 11.7. The molecule has 0 spiro atoms. The molecule has 20 heavy (non-hydrogen) atoms. The van der Waals surface area contributed by atoms with Crippen LogP contribution in [0.5, 0.6) is 0 Å². The summed E-state index contributed by atoms with van der Waals surface area (Å²) in [5.41, 5.74) is 0. The number of aliphatic carboxylic acids is 2. The molecule has 0 aromatic heterocycles. The third kappa shape index (κ3) is 5.93. The van der Waals surface area contributed by atoms with Gasteiger partial charge in [-0.3, -0.25) is 9.59 Å². The van der Waals surface area contributed by atoms with E-state index < -0.39 is 11.9 Å². The molecular formula is C16H30O4. The second-order valence-corrected chi connectivity index (χ2v) is 6.80. The highest BCUT2D eigenvalue weighted by atomic mass is 16.4. The van der Waals surface area contributed by atoms with Gasteiger partial charge in [-0.05, 0) is 36.5 Å². The van der Waals surface area contributed by atoms with Gasteiger partial charge in [-0.1, -0.05) is 41.5 Å². The molecular weight excluding hydrogens is 256 g/mol. The van der Waals surface area contributed by atoms with Gasteiger partial charge in [0.15, 0.2) is 0 Å². The minimum absolute atomic E-state index is 0.0996. The van der Waals surface area contributed by atoms with Gasteiger partial charge < -0.3 is 10.2 Å². The Balaban J connectivity index is 4.64. The van der Waals surface area contributed by atoms with Gasteiger partial charge in [-0.15, -0.1) is 0 Å². The monoisotopic (exact) mass is 286 g/mol. The number of carbonyl (C=O) groups is 2. The first-order valence-electron chi connectivity index (χ1n) is 7.53. The first-order chi connectivity index (χ1) is 9.07. The molecule has 0 bridgehead atoms. The Kier molecular flexibility index (Phi) is 7.84. The zero-order valence-electron chi connectivity index (χ0n) is 13.6. The van der Waals surface area contributed by atoms with Gasteiger partial charge in [0, 0.05) is 0 Å². The highest BCUT2D eigenvalue weighted by molar-refractivity contribution is 5.70. The average molecular weight is 286 g/mol.